The molecule has 5 aromatic rings. The summed E-state index contributed by atoms with van der Waals surface area (Å²) in [6.45, 7) is 3.04. The fraction of sp³-hybridized carbons (Fsp3) is 0.219. The van der Waals surface area contributed by atoms with Gasteiger partial charge in [0.25, 0.3) is 0 Å². The number of carbonyl (C=O) groups excluding carboxylic acids is 1. The number of ether oxygens (including phenoxy) is 2. The van der Waals surface area contributed by atoms with Crippen LogP contribution in [-0.4, -0.2) is 28.8 Å². The number of fused-ring (bicyclic) bond motifs is 2. The highest BCUT2D eigenvalue weighted by Gasteiger charge is 2.17. The lowest BCUT2D eigenvalue weighted by Crippen LogP contribution is -2.07. The van der Waals surface area contributed by atoms with Gasteiger partial charge in [-0.25, -0.2) is 0 Å². The maximum Gasteiger partial charge on any atom is 0.302 e. The molecule has 4 aromatic carbocycles. The van der Waals surface area contributed by atoms with Gasteiger partial charge in [-0.15, -0.1) is 10.2 Å². The summed E-state index contributed by atoms with van der Waals surface area (Å²) in [6, 6.07) is 28.9. The lowest BCUT2D eigenvalue weighted by Gasteiger charge is -2.09. The lowest BCUT2D eigenvalue weighted by atomic mass is 10.1. The van der Waals surface area contributed by atoms with E-state index in [0.717, 1.165) is 46.9 Å². The van der Waals surface area contributed by atoms with E-state index in [-0.39, 0.29) is 18.2 Å². The quantitative estimate of drug-likeness (QED) is 0.142. The van der Waals surface area contributed by atoms with Crippen molar-refractivity contribution < 1.29 is 19.4 Å². The highest BCUT2D eigenvalue weighted by Crippen LogP contribution is 2.39. The first-order valence-corrected chi connectivity index (χ1v) is 13.2. The Hall–Kier alpha value is -4.65. The third-order valence-electron chi connectivity index (χ3n) is 6.54. The molecule has 1 aromatic heterocycles. The molecule has 0 radical (unpaired) electrons. The van der Waals surface area contributed by atoms with Crippen molar-refractivity contribution in [3.8, 4) is 17.4 Å². The van der Waals surface area contributed by atoms with Gasteiger partial charge in [-0.1, -0.05) is 80.4 Å². The second-order valence-corrected chi connectivity index (χ2v) is 9.37. The van der Waals surface area contributed by atoms with E-state index in [9.17, 15) is 9.90 Å². The standard InChI is InChI=1S/C32H31N3O4/c1-2-3-8-19-38-26-16-13-23(14-17-26)21-35-29-12-7-6-11-28(29)31(32(35)37)34-33-30(36)22-39-27-18-15-24-9-4-5-10-25(24)20-27/h4-7,9-18,20,37H,2-3,8,19,21-22H2,1H3. The Labute approximate surface area is 227 Å². The molecule has 0 fully saturated rings. The van der Waals surface area contributed by atoms with Crippen LogP contribution in [0.15, 0.2) is 101 Å². The molecule has 39 heavy (non-hydrogen) atoms. The summed E-state index contributed by atoms with van der Waals surface area (Å²) in [6.07, 6.45) is 3.35. The maximum atomic E-state index is 12.5. The van der Waals surface area contributed by atoms with E-state index in [0.29, 0.717) is 24.3 Å². The van der Waals surface area contributed by atoms with Gasteiger partial charge in [0.15, 0.2) is 12.3 Å². The van der Waals surface area contributed by atoms with E-state index in [1.54, 1.807) is 4.57 Å². The Morgan fingerprint density at radius 3 is 2.41 bits per heavy atom. The summed E-state index contributed by atoms with van der Waals surface area (Å²) in [5.41, 5.74) is 2.04. The minimum atomic E-state index is -0.547. The topological polar surface area (TPSA) is 85.4 Å². The second-order valence-electron chi connectivity index (χ2n) is 9.37. The molecule has 0 spiro atoms. The van der Waals surface area contributed by atoms with Crippen LogP contribution >= 0.6 is 0 Å². The molecule has 7 heteroatoms. The van der Waals surface area contributed by atoms with Crippen molar-refractivity contribution in [1.29, 1.82) is 0 Å². The Kier molecular flexibility index (Phi) is 8.17. The van der Waals surface area contributed by atoms with Crippen LogP contribution in [0.2, 0.25) is 0 Å². The number of benzene rings is 4. The first kappa shape index (κ1) is 26.0. The van der Waals surface area contributed by atoms with E-state index in [4.69, 9.17) is 9.47 Å². The first-order valence-electron chi connectivity index (χ1n) is 13.2. The summed E-state index contributed by atoms with van der Waals surface area (Å²) < 4.78 is 13.2. The fourth-order valence-corrected chi connectivity index (χ4v) is 4.48. The molecule has 1 N–H and O–H groups in total. The number of aromatic nitrogens is 1. The number of aromatic hydroxyl groups is 1. The van der Waals surface area contributed by atoms with Crippen LogP contribution in [0, 0.1) is 0 Å². The number of unbranched alkanes of at least 4 members (excludes halogenated alkanes) is 2. The average Bonchev–Trinajstić information content (AvgIpc) is 3.24. The molecule has 0 saturated heterocycles. The van der Waals surface area contributed by atoms with Crippen molar-refractivity contribution >= 4 is 33.3 Å². The predicted molar refractivity (Wildman–Crippen MR) is 153 cm³/mol. The molecular weight excluding hydrogens is 490 g/mol. The van der Waals surface area contributed by atoms with E-state index in [2.05, 4.69) is 17.2 Å². The van der Waals surface area contributed by atoms with Crippen LogP contribution in [-0.2, 0) is 11.3 Å². The Morgan fingerprint density at radius 1 is 0.846 bits per heavy atom. The van der Waals surface area contributed by atoms with E-state index >= 15 is 0 Å². The molecule has 0 aliphatic carbocycles. The molecule has 0 saturated carbocycles. The number of hydrogen-bond acceptors (Lipinski definition) is 5. The van der Waals surface area contributed by atoms with Gasteiger partial charge >= 0.3 is 5.91 Å². The van der Waals surface area contributed by atoms with Crippen molar-refractivity contribution in [2.24, 2.45) is 10.2 Å². The lowest BCUT2D eigenvalue weighted by molar-refractivity contribution is -0.120. The van der Waals surface area contributed by atoms with Crippen LogP contribution in [0.4, 0.5) is 5.69 Å². The highest BCUT2D eigenvalue weighted by molar-refractivity contribution is 5.95. The summed E-state index contributed by atoms with van der Waals surface area (Å²) in [5.74, 6) is 0.807. The summed E-state index contributed by atoms with van der Waals surface area (Å²) in [5, 5.41) is 21.8. The van der Waals surface area contributed by atoms with Crippen molar-refractivity contribution in [3.05, 3.63) is 96.6 Å². The minimum absolute atomic E-state index is 0.0527. The number of azo groups is 1. The van der Waals surface area contributed by atoms with Gasteiger partial charge in [0.05, 0.1) is 18.7 Å². The van der Waals surface area contributed by atoms with Crippen molar-refractivity contribution in [1.82, 2.24) is 4.57 Å². The first-order chi connectivity index (χ1) is 19.1. The third kappa shape index (κ3) is 6.26. The zero-order valence-corrected chi connectivity index (χ0v) is 21.9. The summed E-state index contributed by atoms with van der Waals surface area (Å²) in [7, 11) is 0. The molecule has 1 amide bonds. The second kappa shape index (κ2) is 12.3. The van der Waals surface area contributed by atoms with Crippen LogP contribution in [0.1, 0.15) is 31.7 Å². The third-order valence-corrected chi connectivity index (χ3v) is 6.54. The SMILES string of the molecule is CCCCCOc1ccc(Cn2c(O)c(N=NC(=O)COc3ccc4ccccc4c3)c3ccccc32)cc1. The van der Waals surface area contributed by atoms with Gasteiger partial charge in [-0.2, -0.15) is 0 Å². The van der Waals surface area contributed by atoms with Crippen molar-refractivity contribution in [3.63, 3.8) is 0 Å². The van der Waals surface area contributed by atoms with Gasteiger partial charge < -0.3 is 19.1 Å². The molecule has 7 nitrogen and oxygen atoms in total. The zero-order valence-electron chi connectivity index (χ0n) is 21.9. The molecule has 5 rings (SSSR count). The monoisotopic (exact) mass is 521 g/mol. The summed E-state index contributed by atoms with van der Waals surface area (Å²) in [4.78, 5) is 12.5. The number of hydrogen-bond donors (Lipinski definition) is 1. The van der Waals surface area contributed by atoms with Crippen LogP contribution in [0.25, 0.3) is 21.7 Å². The minimum Gasteiger partial charge on any atom is -0.494 e. The average molecular weight is 522 g/mol. The Bertz CT molecular complexity index is 1610. The molecular formula is C32H31N3O4. The molecule has 0 aliphatic rings. The molecule has 0 bridgehead atoms. The van der Waals surface area contributed by atoms with Gasteiger partial charge in [-0.3, -0.25) is 4.79 Å². The van der Waals surface area contributed by atoms with Gasteiger partial charge in [-0.05, 0) is 53.1 Å². The number of nitrogens with zero attached hydrogens (tertiary/aromatic N) is 3. The molecule has 1 heterocycles. The smallest absolute Gasteiger partial charge is 0.302 e. The van der Waals surface area contributed by atoms with Gasteiger partial charge in [0.1, 0.15) is 11.5 Å². The van der Waals surface area contributed by atoms with Crippen LogP contribution in [0.3, 0.4) is 0 Å². The Balaban J connectivity index is 1.28. The Morgan fingerprint density at radius 2 is 1.59 bits per heavy atom. The van der Waals surface area contributed by atoms with Crippen LogP contribution in [0.5, 0.6) is 17.4 Å². The molecule has 0 aliphatic heterocycles. The van der Waals surface area contributed by atoms with E-state index in [1.165, 1.54) is 0 Å². The van der Waals surface area contributed by atoms with E-state index < -0.39 is 5.91 Å². The largest absolute Gasteiger partial charge is 0.494 e. The van der Waals surface area contributed by atoms with Gasteiger partial charge in [0, 0.05) is 5.39 Å². The molecule has 0 unspecified atom stereocenters. The number of rotatable bonds is 11. The van der Waals surface area contributed by atoms with Crippen molar-refractivity contribution in [2.75, 3.05) is 13.2 Å². The summed E-state index contributed by atoms with van der Waals surface area (Å²) >= 11 is 0. The van der Waals surface area contributed by atoms with Crippen molar-refractivity contribution in [2.45, 2.75) is 32.7 Å². The number of amides is 1. The zero-order chi connectivity index (χ0) is 27.0. The molecule has 0 atom stereocenters. The number of para-hydroxylation sites is 1. The van der Waals surface area contributed by atoms with E-state index in [1.807, 2.05) is 91.0 Å². The maximum absolute atomic E-state index is 12.5. The highest BCUT2D eigenvalue weighted by atomic mass is 16.5. The van der Waals surface area contributed by atoms with Crippen LogP contribution < -0.4 is 9.47 Å². The number of carbonyl (C=O) groups is 1. The van der Waals surface area contributed by atoms with Gasteiger partial charge in [0.2, 0.25) is 5.88 Å². The fourth-order valence-electron chi connectivity index (χ4n) is 4.48. The normalized spacial score (nSPS) is 11.4. The molecule has 198 valence electrons. The predicted octanol–water partition coefficient (Wildman–Crippen LogP) is 7.81.